The van der Waals surface area contributed by atoms with Gasteiger partial charge in [-0.25, -0.2) is 0 Å². The van der Waals surface area contributed by atoms with Crippen LogP contribution >= 0.6 is 12.4 Å². The van der Waals surface area contributed by atoms with Crippen LogP contribution in [0.15, 0.2) is 48.5 Å². The second-order valence-corrected chi connectivity index (χ2v) is 11.2. The Hall–Kier alpha value is -1.54. The fourth-order valence-electron chi connectivity index (χ4n) is 2.23. The predicted octanol–water partition coefficient (Wildman–Crippen LogP) is 3.67. The molecule has 0 radical (unpaired) electrons. The molecule has 0 N–H and O–H groups in total. The van der Waals surface area contributed by atoms with Gasteiger partial charge in [0.15, 0.2) is 0 Å². The summed E-state index contributed by atoms with van der Waals surface area (Å²) in [6.07, 6.45) is 0. The molecule has 0 aromatic heterocycles. The maximum Gasteiger partial charge on any atom is -0.147 e. The number of benzene rings is 2. The van der Waals surface area contributed by atoms with Gasteiger partial charge in [-0.3, -0.25) is 0 Å². The van der Waals surface area contributed by atoms with Crippen LogP contribution in [0.3, 0.4) is 0 Å². The van der Waals surface area contributed by atoms with Gasteiger partial charge in [0, 0.05) is 0 Å². The van der Waals surface area contributed by atoms with Crippen molar-refractivity contribution in [2.75, 3.05) is 0 Å². The SMILES string of the molecule is CC(C)(C)OC(=O)c1ccccc1[Te]c1ccccc1C(=O)OC(C)(C)C.Cl. The van der Waals surface area contributed by atoms with E-state index in [2.05, 4.69) is 0 Å². The predicted molar refractivity (Wildman–Crippen MR) is 115 cm³/mol. The van der Waals surface area contributed by atoms with Crippen LogP contribution in [0.1, 0.15) is 62.3 Å². The number of esters is 2. The Morgan fingerprint density at radius 3 is 1.32 bits per heavy atom. The van der Waals surface area contributed by atoms with Gasteiger partial charge < -0.3 is 0 Å². The van der Waals surface area contributed by atoms with E-state index in [0.717, 1.165) is 7.22 Å². The van der Waals surface area contributed by atoms with Crippen molar-refractivity contribution in [3.8, 4) is 0 Å². The Balaban J connectivity index is 0.00000392. The molecule has 4 nitrogen and oxygen atoms in total. The fraction of sp³-hybridized carbons (Fsp3) is 0.364. The zero-order chi connectivity index (χ0) is 20.2. The van der Waals surface area contributed by atoms with Crippen molar-refractivity contribution in [2.45, 2.75) is 52.7 Å². The molecule has 0 spiro atoms. The number of hydrogen-bond donors (Lipinski definition) is 0. The van der Waals surface area contributed by atoms with Gasteiger partial charge in [-0.2, -0.15) is 0 Å². The summed E-state index contributed by atoms with van der Waals surface area (Å²) in [5.74, 6) is -0.670. The normalized spacial score (nSPS) is 11.4. The molecule has 28 heavy (non-hydrogen) atoms. The van der Waals surface area contributed by atoms with E-state index in [9.17, 15) is 9.59 Å². The van der Waals surface area contributed by atoms with Crippen molar-refractivity contribution >= 4 is 52.5 Å². The van der Waals surface area contributed by atoms with Crippen LogP contribution in [0, 0.1) is 0 Å². The van der Waals surface area contributed by atoms with Crippen LogP contribution in [0.25, 0.3) is 0 Å². The Morgan fingerprint density at radius 1 is 0.679 bits per heavy atom. The maximum atomic E-state index is 12.6. The molecule has 0 unspecified atom stereocenters. The first-order chi connectivity index (χ1) is 12.5. The third kappa shape index (κ3) is 7.47. The summed E-state index contributed by atoms with van der Waals surface area (Å²) in [5.41, 5.74) is 0.0147. The van der Waals surface area contributed by atoms with Crippen LogP contribution in [0.5, 0.6) is 0 Å². The molecule has 2 aromatic rings. The summed E-state index contributed by atoms with van der Waals surface area (Å²) in [5, 5.41) is 0. The number of rotatable bonds is 4. The Labute approximate surface area is 183 Å². The van der Waals surface area contributed by atoms with E-state index in [1.165, 1.54) is 0 Å². The molecule has 0 aliphatic rings. The summed E-state index contributed by atoms with van der Waals surface area (Å²) in [4.78, 5) is 25.2. The smallest absolute Gasteiger partial charge is 0.147 e. The van der Waals surface area contributed by atoms with E-state index in [0.29, 0.717) is 11.1 Å². The van der Waals surface area contributed by atoms with Gasteiger partial charge in [0.2, 0.25) is 0 Å². The van der Waals surface area contributed by atoms with Crippen molar-refractivity contribution in [3.63, 3.8) is 0 Å². The first kappa shape index (κ1) is 24.5. The number of hydrogen-bond acceptors (Lipinski definition) is 4. The molecule has 152 valence electrons. The van der Waals surface area contributed by atoms with Crippen LogP contribution in [0.4, 0.5) is 0 Å². The van der Waals surface area contributed by atoms with Gasteiger partial charge in [-0.05, 0) is 0 Å². The molecule has 0 bridgehead atoms. The molecular weight excluding hydrogens is 491 g/mol. The molecule has 0 saturated carbocycles. The number of halogens is 1. The summed E-state index contributed by atoms with van der Waals surface area (Å²) in [6.45, 7) is 11.1. The third-order valence-corrected chi connectivity index (χ3v) is 6.52. The number of carbonyl (C=O) groups is 2. The van der Waals surface area contributed by atoms with E-state index in [1.54, 1.807) is 12.1 Å². The minimum absolute atomic E-state index is 0. The first-order valence-corrected chi connectivity index (χ1v) is 11.1. The van der Waals surface area contributed by atoms with E-state index < -0.39 is 32.1 Å². The van der Waals surface area contributed by atoms with Gasteiger partial charge >= 0.3 is 172 Å². The summed E-state index contributed by atoms with van der Waals surface area (Å²) < 4.78 is 12.9. The van der Waals surface area contributed by atoms with Crippen molar-refractivity contribution in [3.05, 3.63) is 59.7 Å². The monoisotopic (exact) mass is 520 g/mol. The maximum absolute atomic E-state index is 12.6. The van der Waals surface area contributed by atoms with Gasteiger partial charge in [0.25, 0.3) is 0 Å². The Morgan fingerprint density at radius 2 is 1.00 bits per heavy atom. The molecule has 2 aromatic carbocycles. The van der Waals surface area contributed by atoms with Crippen LogP contribution in [-0.4, -0.2) is 44.1 Å². The van der Waals surface area contributed by atoms with E-state index in [4.69, 9.17) is 9.47 Å². The van der Waals surface area contributed by atoms with E-state index in [-0.39, 0.29) is 24.3 Å². The van der Waals surface area contributed by atoms with Crippen molar-refractivity contribution in [1.29, 1.82) is 0 Å². The average molecular weight is 519 g/mol. The molecule has 0 atom stereocenters. The summed E-state index contributed by atoms with van der Waals surface area (Å²) >= 11 is -0.988. The zero-order valence-corrected chi connectivity index (χ0v) is 20.2. The number of ether oxygens (including phenoxy) is 2. The molecule has 0 saturated heterocycles. The van der Waals surface area contributed by atoms with E-state index in [1.807, 2.05) is 77.9 Å². The van der Waals surface area contributed by atoms with Gasteiger partial charge in [-0.1, -0.05) is 0 Å². The first-order valence-electron chi connectivity index (χ1n) is 8.79. The average Bonchev–Trinajstić information content (AvgIpc) is 2.52. The third-order valence-electron chi connectivity index (χ3n) is 3.23. The standard InChI is InChI=1S/C22H26O4Te.ClH/c1-21(2,3)25-19(23)15-11-7-9-13-17(15)27-18-14-10-8-12-16(18)20(24)26-22(4,5)6;/h7-14H,1-6H3;1H. The van der Waals surface area contributed by atoms with Gasteiger partial charge in [0.05, 0.1) is 0 Å². The second kappa shape index (κ2) is 9.78. The molecule has 0 amide bonds. The summed E-state index contributed by atoms with van der Waals surface area (Å²) in [6, 6.07) is 14.9. The van der Waals surface area contributed by atoms with Crippen LogP contribution in [-0.2, 0) is 9.47 Å². The molecule has 0 fully saturated rings. The minimum Gasteiger partial charge on any atom is -0.147 e. The largest absolute Gasteiger partial charge is 0.147 e. The minimum atomic E-state index is -0.988. The molecule has 0 aliphatic heterocycles. The van der Waals surface area contributed by atoms with Crippen molar-refractivity contribution in [1.82, 2.24) is 0 Å². The topological polar surface area (TPSA) is 52.6 Å². The van der Waals surface area contributed by atoms with Crippen LogP contribution < -0.4 is 7.22 Å². The molecule has 0 aliphatic carbocycles. The Kier molecular flexibility index (Phi) is 8.56. The molecule has 0 heterocycles. The molecular formula is C22H27ClO4Te. The zero-order valence-electron chi connectivity index (χ0n) is 17.1. The van der Waals surface area contributed by atoms with Gasteiger partial charge in [0.1, 0.15) is 0 Å². The number of carbonyl (C=O) groups excluding carboxylic acids is 2. The quantitative estimate of drug-likeness (QED) is 0.458. The van der Waals surface area contributed by atoms with Crippen LogP contribution in [0.2, 0.25) is 0 Å². The van der Waals surface area contributed by atoms with Crippen molar-refractivity contribution < 1.29 is 19.1 Å². The fourth-order valence-corrected chi connectivity index (χ4v) is 5.24. The molecule has 2 rings (SSSR count). The van der Waals surface area contributed by atoms with E-state index >= 15 is 0 Å². The van der Waals surface area contributed by atoms with Gasteiger partial charge in [-0.15, -0.1) is 12.4 Å². The van der Waals surface area contributed by atoms with Crippen molar-refractivity contribution in [2.24, 2.45) is 0 Å². The Bertz CT molecular complexity index is 765. The summed E-state index contributed by atoms with van der Waals surface area (Å²) in [7, 11) is 0. The second-order valence-electron chi connectivity index (χ2n) is 8.10. The molecule has 6 heteroatoms.